The van der Waals surface area contributed by atoms with E-state index in [1.807, 2.05) is 43.5 Å². The molecule has 2 nitrogen and oxygen atoms in total. The number of Topliss-reactive ketones (excluding diaryl/α,β-unsaturated/α-hetero) is 1. The fourth-order valence-corrected chi connectivity index (χ4v) is 2.65. The molecule has 0 bridgehead atoms. The Kier molecular flexibility index (Phi) is 5.09. The van der Waals surface area contributed by atoms with Gasteiger partial charge in [0.25, 0.3) is 0 Å². The van der Waals surface area contributed by atoms with Crippen molar-refractivity contribution in [3.8, 4) is 11.3 Å². The van der Waals surface area contributed by atoms with E-state index in [9.17, 15) is 4.79 Å². The highest BCUT2D eigenvalue weighted by molar-refractivity contribution is 5.93. The average molecular weight is 356 g/mol. The summed E-state index contributed by atoms with van der Waals surface area (Å²) >= 11 is 0. The molecule has 1 aromatic heterocycles. The van der Waals surface area contributed by atoms with Crippen molar-refractivity contribution < 1.29 is 26.3 Å². The molecule has 22 heavy (non-hydrogen) atoms. The summed E-state index contributed by atoms with van der Waals surface area (Å²) < 4.78 is 2.07. The number of aromatic nitrogens is 1. The molecule has 0 fully saturated rings. The number of fused-ring (bicyclic) bond motifs is 1. The second kappa shape index (κ2) is 6.84. The van der Waals surface area contributed by atoms with Crippen LogP contribution in [0.5, 0.6) is 0 Å². The van der Waals surface area contributed by atoms with Crippen LogP contribution in [0.4, 0.5) is 0 Å². The average Bonchev–Trinajstić information content (AvgIpc) is 2.53. The van der Waals surface area contributed by atoms with E-state index in [1.54, 1.807) is 6.92 Å². The first-order valence-corrected chi connectivity index (χ1v) is 7.17. The van der Waals surface area contributed by atoms with Crippen LogP contribution in [-0.2, 0) is 4.79 Å². The number of rotatable bonds is 3. The molecule has 0 amide bonds. The molecule has 1 atom stereocenters. The minimum absolute atomic E-state index is 0. The number of halogens is 1. The molecule has 3 rings (SSSR count). The number of nitrogens with zero attached hydrogens (tertiary/aromatic N) is 1. The Morgan fingerprint density at radius 3 is 2.27 bits per heavy atom. The van der Waals surface area contributed by atoms with Crippen LogP contribution in [0.3, 0.4) is 0 Å². The summed E-state index contributed by atoms with van der Waals surface area (Å²) in [7, 11) is 0. The van der Waals surface area contributed by atoms with Crippen LogP contribution in [0.1, 0.15) is 19.9 Å². The van der Waals surface area contributed by atoms with Gasteiger partial charge >= 0.3 is 0 Å². The number of hydrogen-bond donors (Lipinski definition) is 0. The Morgan fingerprint density at radius 2 is 1.59 bits per heavy atom. The highest BCUT2D eigenvalue weighted by Crippen LogP contribution is 2.26. The molecular weight excluding hydrogens is 338 g/mol. The third-order valence-electron chi connectivity index (χ3n) is 3.94. The SMILES string of the molecule is CC(=O)C(C)[n+]1ccc2ccccc2c1-c1ccccc1.[Br-]. The second-order valence-corrected chi connectivity index (χ2v) is 5.31. The lowest BCUT2D eigenvalue weighted by Gasteiger charge is -2.11. The zero-order chi connectivity index (χ0) is 14.8. The maximum atomic E-state index is 11.8. The van der Waals surface area contributed by atoms with Crippen molar-refractivity contribution in [3.63, 3.8) is 0 Å². The van der Waals surface area contributed by atoms with Crippen LogP contribution >= 0.6 is 0 Å². The van der Waals surface area contributed by atoms with Gasteiger partial charge < -0.3 is 17.0 Å². The summed E-state index contributed by atoms with van der Waals surface area (Å²) in [6.07, 6.45) is 2.01. The Hall–Kier alpha value is -2.00. The largest absolute Gasteiger partial charge is 1.00 e. The standard InChI is InChI=1S/C19H18NO.BrH/c1-14(15(2)21)20-13-12-16-8-6-7-11-18(16)19(20)17-9-4-3-5-10-17;/h3-14H,1-2H3;1H/q+1;/p-1. The van der Waals surface area contributed by atoms with E-state index in [1.165, 1.54) is 10.8 Å². The Bertz CT molecular complexity index is 799. The second-order valence-electron chi connectivity index (χ2n) is 5.31. The van der Waals surface area contributed by atoms with Gasteiger partial charge in [-0.05, 0) is 23.6 Å². The van der Waals surface area contributed by atoms with Crippen molar-refractivity contribution >= 4 is 16.6 Å². The van der Waals surface area contributed by atoms with Gasteiger partial charge in [0, 0.05) is 25.5 Å². The van der Waals surface area contributed by atoms with Crippen molar-refractivity contribution in [1.82, 2.24) is 0 Å². The zero-order valence-corrected chi connectivity index (χ0v) is 14.2. The van der Waals surface area contributed by atoms with Crippen LogP contribution < -0.4 is 21.5 Å². The predicted molar refractivity (Wildman–Crippen MR) is 85.0 cm³/mol. The number of benzene rings is 2. The lowest BCUT2D eigenvalue weighted by atomic mass is 10.0. The Balaban J connectivity index is 0.00000176. The zero-order valence-electron chi connectivity index (χ0n) is 12.7. The molecule has 3 heteroatoms. The minimum Gasteiger partial charge on any atom is -1.00 e. The summed E-state index contributed by atoms with van der Waals surface area (Å²) in [4.78, 5) is 11.8. The highest BCUT2D eigenvalue weighted by Gasteiger charge is 2.25. The summed E-state index contributed by atoms with van der Waals surface area (Å²) in [5.74, 6) is 0.160. The van der Waals surface area contributed by atoms with Crippen LogP contribution in [0.25, 0.3) is 22.0 Å². The molecule has 112 valence electrons. The molecule has 0 radical (unpaired) electrons. The minimum atomic E-state index is -0.176. The molecule has 0 saturated carbocycles. The van der Waals surface area contributed by atoms with E-state index < -0.39 is 0 Å². The molecule has 0 aliphatic carbocycles. The van der Waals surface area contributed by atoms with Crippen LogP contribution in [0.15, 0.2) is 66.9 Å². The van der Waals surface area contributed by atoms with E-state index in [4.69, 9.17) is 0 Å². The third kappa shape index (κ3) is 2.95. The van der Waals surface area contributed by atoms with Gasteiger partial charge in [0.2, 0.25) is 11.7 Å². The first-order valence-electron chi connectivity index (χ1n) is 7.17. The Labute approximate surface area is 141 Å². The third-order valence-corrected chi connectivity index (χ3v) is 3.94. The van der Waals surface area contributed by atoms with Gasteiger partial charge in [0.15, 0.2) is 12.0 Å². The maximum Gasteiger partial charge on any atom is 0.221 e. The topological polar surface area (TPSA) is 20.9 Å². The van der Waals surface area contributed by atoms with Gasteiger partial charge in [-0.25, -0.2) is 0 Å². The predicted octanol–water partition coefficient (Wildman–Crippen LogP) is 0.948. The molecule has 1 heterocycles. The van der Waals surface area contributed by atoms with E-state index in [0.29, 0.717) is 0 Å². The number of carbonyl (C=O) groups is 1. The van der Waals surface area contributed by atoms with Gasteiger partial charge in [0.05, 0.1) is 5.39 Å². The van der Waals surface area contributed by atoms with Crippen LogP contribution in [-0.4, -0.2) is 5.78 Å². The van der Waals surface area contributed by atoms with E-state index in [2.05, 4.69) is 34.9 Å². The van der Waals surface area contributed by atoms with E-state index in [0.717, 1.165) is 11.3 Å². The number of pyridine rings is 1. The molecule has 0 N–H and O–H groups in total. The molecular formula is C19H18BrNO. The fraction of sp³-hybridized carbons (Fsp3) is 0.158. The van der Waals surface area contributed by atoms with Crippen molar-refractivity contribution in [1.29, 1.82) is 0 Å². The van der Waals surface area contributed by atoms with Crippen molar-refractivity contribution in [2.75, 3.05) is 0 Å². The molecule has 1 unspecified atom stereocenters. The summed E-state index contributed by atoms with van der Waals surface area (Å²) in [6.45, 7) is 3.59. The van der Waals surface area contributed by atoms with Crippen molar-refractivity contribution in [2.24, 2.45) is 0 Å². The Morgan fingerprint density at radius 1 is 0.955 bits per heavy atom. The van der Waals surface area contributed by atoms with Crippen LogP contribution in [0.2, 0.25) is 0 Å². The van der Waals surface area contributed by atoms with Crippen molar-refractivity contribution in [3.05, 3.63) is 66.9 Å². The summed E-state index contributed by atoms with van der Waals surface area (Å²) in [6, 6.07) is 20.4. The smallest absolute Gasteiger partial charge is 0.221 e. The van der Waals surface area contributed by atoms with Gasteiger partial charge in [-0.2, -0.15) is 4.57 Å². The van der Waals surface area contributed by atoms with Gasteiger partial charge in [-0.15, -0.1) is 0 Å². The number of carbonyl (C=O) groups excluding carboxylic acids is 1. The monoisotopic (exact) mass is 355 g/mol. The molecule has 0 saturated heterocycles. The molecule has 0 aliphatic heterocycles. The normalized spacial score (nSPS) is 11.7. The van der Waals surface area contributed by atoms with Gasteiger partial charge in [-0.3, -0.25) is 4.79 Å². The quantitative estimate of drug-likeness (QED) is 0.641. The molecule has 3 aromatic rings. The summed E-state index contributed by atoms with van der Waals surface area (Å²) in [5, 5.41) is 2.35. The first kappa shape index (κ1) is 16.4. The summed E-state index contributed by atoms with van der Waals surface area (Å²) in [5.41, 5.74) is 2.22. The first-order chi connectivity index (χ1) is 10.2. The number of hydrogen-bond acceptors (Lipinski definition) is 1. The van der Waals surface area contributed by atoms with Gasteiger partial charge in [-0.1, -0.05) is 36.4 Å². The fourth-order valence-electron chi connectivity index (χ4n) is 2.65. The van der Waals surface area contributed by atoms with E-state index in [-0.39, 0.29) is 28.8 Å². The van der Waals surface area contributed by atoms with Gasteiger partial charge in [0.1, 0.15) is 0 Å². The molecule has 0 spiro atoms. The molecule has 2 aromatic carbocycles. The lowest BCUT2D eigenvalue weighted by Crippen LogP contribution is -3.00. The number of ketones is 1. The highest BCUT2D eigenvalue weighted by atomic mass is 79.9. The van der Waals surface area contributed by atoms with Crippen LogP contribution in [0, 0.1) is 0 Å². The maximum absolute atomic E-state index is 11.8. The van der Waals surface area contributed by atoms with E-state index >= 15 is 0 Å². The van der Waals surface area contributed by atoms with Crippen molar-refractivity contribution in [2.45, 2.75) is 19.9 Å². The molecule has 0 aliphatic rings. The lowest BCUT2D eigenvalue weighted by molar-refractivity contribution is -0.694.